The fourth-order valence-electron chi connectivity index (χ4n) is 2.89. The molecule has 5 rings (SSSR count). The zero-order chi connectivity index (χ0) is 18.4. The molecule has 0 aromatic carbocycles. The van der Waals surface area contributed by atoms with Crippen LogP contribution in [-0.2, 0) is 11.3 Å². The number of fused-ring (bicyclic) bond motifs is 1. The molecule has 1 saturated carbocycles. The Kier molecular flexibility index (Phi) is 3.75. The number of aromatic nitrogens is 4. The van der Waals surface area contributed by atoms with Gasteiger partial charge in [-0.25, -0.2) is 9.78 Å². The van der Waals surface area contributed by atoms with E-state index in [9.17, 15) is 4.79 Å². The maximum absolute atomic E-state index is 12.7. The smallest absolute Gasteiger partial charge is 0.339 e. The molecule has 0 bridgehead atoms. The van der Waals surface area contributed by atoms with Crippen molar-refractivity contribution in [3.8, 4) is 10.7 Å². The summed E-state index contributed by atoms with van der Waals surface area (Å²) in [5.41, 5.74) is 2.20. The Morgan fingerprint density at radius 2 is 2.19 bits per heavy atom. The van der Waals surface area contributed by atoms with E-state index in [1.54, 1.807) is 13.0 Å². The van der Waals surface area contributed by atoms with Crippen LogP contribution in [0.5, 0.6) is 0 Å². The highest BCUT2D eigenvalue weighted by Crippen LogP contribution is 2.40. The minimum absolute atomic E-state index is 0.107. The zero-order valence-corrected chi connectivity index (χ0v) is 15.2. The first-order chi connectivity index (χ1) is 13.2. The third kappa shape index (κ3) is 2.99. The molecule has 4 aromatic rings. The first-order valence-electron chi connectivity index (χ1n) is 8.49. The lowest BCUT2D eigenvalue weighted by Gasteiger charge is -2.05. The summed E-state index contributed by atoms with van der Waals surface area (Å²) in [5, 5.41) is 10.3. The lowest BCUT2D eigenvalue weighted by atomic mass is 10.1. The Balaban J connectivity index is 1.39. The maximum atomic E-state index is 12.7. The van der Waals surface area contributed by atoms with E-state index in [4.69, 9.17) is 13.8 Å². The van der Waals surface area contributed by atoms with E-state index in [0.717, 1.165) is 23.4 Å². The summed E-state index contributed by atoms with van der Waals surface area (Å²) < 4.78 is 15.8. The van der Waals surface area contributed by atoms with Crippen LogP contribution in [0.3, 0.4) is 0 Å². The fourth-order valence-corrected chi connectivity index (χ4v) is 3.54. The van der Waals surface area contributed by atoms with Gasteiger partial charge < -0.3 is 13.8 Å². The molecule has 136 valence electrons. The van der Waals surface area contributed by atoms with Crippen LogP contribution in [0, 0.1) is 6.92 Å². The van der Waals surface area contributed by atoms with Crippen molar-refractivity contribution in [3.63, 3.8) is 0 Å². The molecule has 0 saturated heterocycles. The van der Waals surface area contributed by atoms with E-state index in [1.807, 2.05) is 17.5 Å². The first-order valence-corrected chi connectivity index (χ1v) is 9.37. The molecule has 0 unspecified atom stereocenters. The number of thiophene rings is 1. The van der Waals surface area contributed by atoms with Gasteiger partial charge in [-0.1, -0.05) is 16.4 Å². The minimum Gasteiger partial charge on any atom is -0.452 e. The summed E-state index contributed by atoms with van der Waals surface area (Å²) in [7, 11) is 0. The molecule has 1 fully saturated rings. The molecule has 0 atom stereocenters. The summed E-state index contributed by atoms with van der Waals surface area (Å²) in [6, 6.07) is 5.58. The summed E-state index contributed by atoms with van der Waals surface area (Å²) in [5.74, 6) is 0.594. The van der Waals surface area contributed by atoms with Gasteiger partial charge in [-0.2, -0.15) is 4.98 Å². The molecule has 0 amide bonds. The summed E-state index contributed by atoms with van der Waals surface area (Å²) in [4.78, 5) is 22.3. The van der Waals surface area contributed by atoms with Crippen LogP contribution in [0.15, 0.2) is 32.6 Å². The van der Waals surface area contributed by atoms with Crippen LogP contribution in [0.2, 0.25) is 0 Å². The van der Waals surface area contributed by atoms with Crippen molar-refractivity contribution in [1.82, 2.24) is 20.3 Å². The Labute approximate surface area is 157 Å². The summed E-state index contributed by atoms with van der Waals surface area (Å²) >= 11 is 1.51. The highest BCUT2D eigenvalue weighted by molar-refractivity contribution is 7.13. The first kappa shape index (κ1) is 16.1. The van der Waals surface area contributed by atoms with Crippen molar-refractivity contribution in [2.24, 2.45) is 0 Å². The van der Waals surface area contributed by atoms with Gasteiger partial charge in [0.05, 0.1) is 21.5 Å². The lowest BCUT2D eigenvalue weighted by Crippen LogP contribution is -2.08. The fraction of sp³-hybridized carbons (Fsp3) is 0.278. The van der Waals surface area contributed by atoms with E-state index >= 15 is 0 Å². The van der Waals surface area contributed by atoms with E-state index in [2.05, 4.69) is 20.3 Å². The normalized spacial score (nSPS) is 14.0. The van der Waals surface area contributed by atoms with Gasteiger partial charge in [0.15, 0.2) is 6.61 Å². The third-order valence-electron chi connectivity index (χ3n) is 4.39. The number of nitrogens with zero attached hydrogens (tertiary/aromatic N) is 4. The molecule has 8 nitrogen and oxygen atoms in total. The van der Waals surface area contributed by atoms with Crippen LogP contribution >= 0.6 is 11.3 Å². The van der Waals surface area contributed by atoms with Crippen LogP contribution in [0.4, 0.5) is 0 Å². The van der Waals surface area contributed by atoms with Crippen molar-refractivity contribution in [3.05, 3.63) is 46.4 Å². The van der Waals surface area contributed by atoms with Gasteiger partial charge in [0, 0.05) is 11.6 Å². The van der Waals surface area contributed by atoms with Crippen LogP contribution in [0.25, 0.3) is 21.8 Å². The molecule has 1 aliphatic rings. The van der Waals surface area contributed by atoms with Crippen LogP contribution < -0.4 is 0 Å². The number of hydrogen-bond acceptors (Lipinski definition) is 9. The van der Waals surface area contributed by atoms with Gasteiger partial charge in [-0.05, 0) is 37.3 Å². The van der Waals surface area contributed by atoms with Crippen molar-refractivity contribution < 1.29 is 18.6 Å². The van der Waals surface area contributed by atoms with Crippen molar-refractivity contribution >= 4 is 28.4 Å². The SMILES string of the molecule is Cc1noc2nc(C3CC3)cc(C(=O)OCc3nc(-c4cccs4)no3)c12. The molecule has 1 aliphatic carbocycles. The summed E-state index contributed by atoms with van der Waals surface area (Å²) in [6.45, 7) is 1.66. The topological polar surface area (TPSA) is 104 Å². The molecular formula is C18H14N4O4S. The van der Waals surface area contributed by atoms with Gasteiger partial charge in [0.2, 0.25) is 5.82 Å². The third-order valence-corrected chi connectivity index (χ3v) is 5.25. The number of esters is 1. The monoisotopic (exact) mass is 382 g/mol. The number of carbonyl (C=O) groups is 1. The van der Waals surface area contributed by atoms with E-state index in [0.29, 0.717) is 34.1 Å². The Morgan fingerprint density at radius 3 is 2.96 bits per heavy atom. The van der Waals surface area contributed by atoms with Gasteiger partial charge >= 0.3 is 5.97 Å². The number of ether oxygens (including phenoxy) is 1. The number of rotatable bonds is 5. The lowest BCUT2D eigenvalue weighted by molar-refractivity contribution is 0.0432. The number of pyridine rings is 1. The molecule has 9 heteroatoms. The average Bonchev–Trinajstić information content (AvgIpc) is 3.07. The molecule has 0 spiro atoms. The van der Waals surface area contributed by atoms with Crippen LogP contribution in [0.1, 0.15) is 46.4 Å². The predicted molar refractivity (Wildman–Crippen MR) is 95.2 cm³/mol. The second-order valence-corrected chi connectivity index (χ2v) is 7.33. The number of aryl methyl sites for hydroxylation is 1. The second kappa shape index (κ2) is 6.27. The Hall–Kier alpha value is -3.07. The average molecular weight is 382 g/mol. The van der Waals surface area contributed by atoms with E-state index in [1.165, 1.54) is 11.3 Å². The van der Waals surface area contributed by atoms with E-state index in [-0.39, 0.29) is 12.5 Å². The Bertz CT molecular complexity index is 1130. The molecular weight excluding hydrogens is 368 g/mol. The van der Waals surface area contributed by atoms with Crippen molar-refractivity contribution in [2.75, 3.05) is 0 Å². The summed E-state index contributed by atoms with van der Waals surface area (Å²) in [6.07, 6.45) is 2.13. The van der Waals surface area contributed by atoms with Crippen molar-refractivity contribution in [2.45, 2.75) is 32.3 Å². The molecule has 0 N–H and O–H groups in total. The van der Waals surface area contributed by atoms with Gasteiger partial charge in [0.1, 0.15) is 0 Å². The highest BCUT2D eigenvalue weighted by atomic mass is 32.1. The standard InChI is InChI=1S/C18H14N4O4S/c1-9-15-11(7-12(10-4-5-10)19-17(15)26-21-9)18(23)24-8-14-20-16(22-25-14)13-3-2-6-27-13/h2-3,6-7,10H,4-5,8H2,1H3. The zero-order valence-electron chi connectivity index (χ0n) is 14.3. The molecule has 0 radical (unpaired) electrons. The van der Waals surface area contributed by atoms with E-state index < -0.39 is 5.97 Å². The number of hydrogen-bond donors (Lipinski definition) is 0. The predicted octanol–water partition coefficient (Wildman–Crippen LogP) is 3.88. The molecule has 27 heavy (non-hydrogen) atoms. The van der Waals surface area contributed by atoms with Crippen LogP contribution in [-0.4, -0.2) is 26.3 Å². The van der Waals surface area contributed by atoms with Gasteiger partial charge in [-0.15, -0.1) is 11.3 Å². The quantitative estimate of drug-likeness (QED) is 0.479. The number of carbonyl (C=O) groups excluding carboxylic acids is 1. The second-order valence-electron chi connectivity index (χ2n) is 6.38. The van der Waals surface area contributed by atoms with Gasteiger partial charge in [-0.3, -0.25) is 0 Å². The van der Waals surface area contributed by atoms with Crippen molar-refractivity contribution in [1.29, 1.82) is 0 Å². The molecule has 4 heterocycles. The molecule has 0 aliphatic heterocycles. The highest BCUT2D eigenvalue weighted by Gasteiger charge is 2.29. The molecule has 4 aromatic heterocycles. The van der Waals surface area contributed by atoms with Gasteiger partial charge in [0.25, 0.3) is 11.6 Å². The minimum atomic E-state index is -0.494. The Morgan fingerprint density at radius 1 is 1.30 bits per heavy atom. The maximum Gasteiger partial charge on any atom is 0.339 e. The largest absolute Gasteiger partial charge is 0.452 e.